The van der Waals surface area contributed by atoms with Crippen LogP contribution in [0.15, 0.2) is 18.5 Å². The summed E-state index contributed by atoms with van der Waals surface area (Å²) in [5.41, 5.74) is 0. The zero-order valence-corrected chi connectivity index (χ0v) is 9.32. The molecule has 0 spiro atoms. The van der Waals surface area contributed by atoms with E-state index in [4.69, 9.17) is 0 Å². The zero-order valence-electron chi connectivity index (χ0n) is 9.32. The fourth-order valence-electron chi connectivity index (χ4n) is 2.30. The van der Waals surface area contributed by atoms with Crippen LogP contribution in [0.25, 0.3) is 0 Å². The summed E-state index contributed by atoms with van der Waals surface area (Å²) < 4.78 is 0. The lowest BCUT2D eigenvalue weighted by Gasteiger charge is -2.19. The molecule has 0 amide bonds. The fourth-order valence-corrected chi connectivity index (χ4v) is 2.30. The SMILES string of the molecule is CC(NCc1ncccn1)C1CCCC1. The quantitative estimate of drug-likeness (QED) is 0.818. The third-order valence-corrected chi connectivity index (χ3v) is 3.31. The Hall–Kier alpha value is -0.960. The van der Waals surface area contributed by atoms with Crippen LogP contribution >= 0.6 is 0 Å². The van der Waals surface area contributed by atoms with Crippen molar-refractivity contribution in [3.8, 4) is 0 Å². The summed E-state index contributed by atoms with van der Waals surface area (Å²) in [4.78, 5) is 8.41. The smallest absolute Gasteiger partial charge is 0.141 e. The van der Waals surface area contributed by atoms with E-state index in [1.807, 2.05) is 6.07 Å². The van der Waals surface area contributed by atoms with Crippen molar-refractivity contribution >= 4 is 0 Å². The first-order chi connectivity index (χ1) is 7.36. The van der Waals surface area contributed by atoms with Gasteiger partial charge < -0.3 is 5.32 Å². The summed E-state index contributed by atoms with van der Waals surface area (Å²) in [7, 11) is 0. The first kappa shape index (κ1) is 10.6. The molecule has 1 saturated carbocycles. The van der Waals surface area contributed by atoms with E-state index >= 15 is 0 Å². The summed E-state index contributed by atoms with van der Waals surface area (Å²) in [6, 6.07) is 2.44. The van der Waals surface area contributed by atoms with Crippen molar-refractivity contribution in [2.45, 2.75) is 45.2 Å². The molecule has 1 aliphatic carbocycles. The first-order valence-corrected chi connectivity index (χ1v) is 5.85. The van der Waals surface area contributed by atoms with Gasteiger partial charge in [0.05, 0.1) is 6.54 Å². The standard InChI is InChI=1S/C12H19N3/c1-10(11-5-2-3-6-11)15-9-12-13-7-4-8-14-12/h4,7-8,10-11,15H,2-3,5-6,9H2,1H3. The Balaban J connectivity index is 1.77. The number of hydrogen-bond acceptors (Lipinski definition) is 3. The molecule has 0 radical (unpaired) electrons. The molecular weight excluding hydrogens is 186 g/mol. The third-order valence-electron chi connectivity index (χ3n) is 3.31. The Kier molecular flexibility index (Phi) is 3.67. The second-order valence-corrected chi connectivity index (χ2v) is 4.38. The van der Waals surface area contributed by atoms with Gasteiger partial charge in [0.2, 0.25) is 0 Å². The molecule has 1 fully saturated rings. The third kappa shape index (κ3) is 2.99. The minimum atomic E-state index is 0.594. The van der Waals surface area contributed by atoms with Gasteiger partial charge in [0, 0.05) is 18.4 Å². The molecule has 1 aromatic rings. The van der Waals surface area contributed by atoms with Crippen molar-refractivity contribution in [2.24, 2.45) is 5.92 Å². The fraction of sp³-hybridized carbons (Fsp3) is 0.667. The largest absolute Gasteiger partial charge is 0.307 e. The van der Waals surface area contributed by atoms with Crippen molar-refractivity contribution < 1.29 is 0 Å². The minimum Gasteiger partial charge on any atom is -0.307 e. The van der Waals surface area contributed by atoms with E-state index in [-0.39, 0.29) is 0 Å². The molecule has 15 heavy (non-hydrogen) atoms. The van der Waals surface area contributed by atoms with Gasteiger partial charge in [-0.15, -0.1) is 0 Å². The highest BCUT2D eigenvalue weighted by Gasteiger charge is 2.20. The Morgan fingerprint density at radius 2 is 2.00 bits per heavy atom. The van der Waals surface area contributed by atoms with Gasteiger partial charge in [0.25, 0.3) is 0 Å². The van der Waals surface area contributed by atoms with E-state index in [1.54, 1.807) is 12.4 Å². The molecule has 1 atom stereocenters. The van der Waals surface area contributed by atoms with Crippen LogP contribution in [0.1, 0.15) is 38.4 Å². The lowest BCUT2D eigenvalue weighted by atomic mass is 10.00. The summed E-state index contributed by atoms with van der Waals surface area (Å²) in [5.74, 6) is 1.75. The predicted molar refractivity (Wildman–Crippen MR) is 60.3 cm³/mol. The van der Waals surface area contributed by atoms with Crippen molar-refractivity contribution in [1.82, 2.24) is 15.3 Å². The minimum absolute atomic E-state index is 0.594. The Morgan fingerprint density at radius 3 is 2.67 bits per heavy atom. The number of nitrogens with one attached hydrogen (secondary N) is 1. The van der Waals surface area contributed by atoms with E-state index in [2.05, 4.69) is 22.2 Å². The van der Waals surface area contributed by atoms with Crippen molar-refractivity contribution in [3.05, 3.63) is 24.3 Å². The van der Waals surface area contributed by atoms with Crippen LogP contribution in [0.3, 0.4) is 0 Å². The topological polar surface area (TPSA) is 37.8 Å². The lowest BCUT2D eigenvalue weighted by molar-refractivity contribution is 0.377. The number of rotatable bonds is 4. The molecule has 1 aliphatic rings. The van der Waals surface area contributed by atoms with E-state index in [0.29, 0.717) is 6.04 Å². The molecule has 1 N–H and O–H groups in total. The summed E-state index contributed by atoms with van der Waals surface area (Å²) in [6.07, 6.45) is 9.15. The molecule has 2 rings (SSSR count). The molecular formula is C12H19N3. The average molecular weight is 205 g/mol. The zero-order chi connectivity index (χ0) is 10.5. The maximum atomic E-state index is 4.20. The maximum absolute atomic E-state index is 4.20. The average Bonchev–Trinajstić information content (AvgIpc) is 2.81. The summed E-state index contributed by atoms with van der Waals surface area (Å²) in [6.45, 7) is 3.07. The molecule has 1 unspecified atom stereocenters. The molecule has 3 nitrogen and oxygen atoms in total. The van der Waals surface area contributed by atoms with Gasteiger partial charge in [-0.3, -0.25) is 0 Å². The molecule has 3 heteroatoms. The van der Waals surface area contributed by atoms with Gasteiger partial charge in [0.1, 0.15) is 5.82 Å². The monoisotopic (exact) mass is 205 g/mol. The van der Waals surface area contributed by atoms with Gasteiger partial charge in [-0.1, -0.05) is 12.8 Å². The van der Waals surface area contributed by atoms with Crippen LogP contribution in [0.2, 0.25) is 0 Å². The first-order valence-electron chi connectivity index (χ1n) is 5.85. The molecule has 82 valence electrons. The normalized spacial score (nSPS) is 19.3. The van der Waals surface area contributed by atoms with Gasteiger partial charge in [0.15, 0.2) is 0 Å². The highest BCUT2D eigenvalue weighted by molar-refractivity contribution is 4.89. The lowest BCUT2D eigenvalue weighted by Crippen LogP contribution is -2.32. The van der Waals surface area contributed by atoms with Crippen molar-refractivity contribution in [3.63, 3.8) is 0 Å². The number of hydrogen-bond donors (Lipinski definition) is 1. The van der Waals surface area contributed by atoms with E-state index < -0.39 is 0 Å². The van der Waals surface area contributed by atoms with Gasteiger partial charge in [-0.25, -0.2) is 9.97 Å². The van der Waals surface area contributed by atoms with Gasteiger partial charge in [-0.2, -0.15) is 0 Å². The van der Waals surface area contributed by atoms with Crippen molar-refractivity contribution in [2.75, 3.05) is 0 Å². The predicted octanol–water partition coefficient (Wildman–Crippen LogP) is 2.14. The number of nitrogens with zero attached hydrogens (tertiary/aromatic N) is 2. The Morgan fingerprint density at radius 1 is 1.33 bits per heavy atom. The highest BCUT2D eigenvalue weighted by Crippen LogP contribution is 2.27. The van der Waals surface area contributed by atoms with Crippen LogP contribution in [-0.2, 0) is 6.54 Å². The van der Waals surface area contributed by atoms with E-state index in [1.165, 1.54) is 25.7 Å². The molecule has 0 aromatic carbocycles. The summed E-state index contributed by atoms with van der Waals surface area (Å²) in [5, 5.41) is 3.52. The van der Waals surface area contributed by atoms with Crippen LogP contribution in [0.4, 0.5) is 0 Å². The molecule has 1 heterocycles. The van der Waals surface area contributed by atoms with Crippen LogP contribution in [0.5, 0.6) is 0 Å². The summed E-state index contributed by atoms with van der Waals surface area (Å²) >= 11 is 0. The second-order valence-electron chi connectivity index (χ2n) is 4.38. The highest BCUT2D eigenvalue weighted by atomic mass is 15.0. The Labute approximate surface area is 91.3 Å². The van der Waals surface area contributed by atoms with Gasteiger partial charge >= 0.3 is 0 Å². The van der Waals surface area contributed by atoms with Crippen LogP contribution in [-0.4, -0.2) is 16.0 Å². The van der Waals surface area contributed by atoms with E-state index in [9.17, 15) is 0 Å². The number of aromatic nitrogens is 2. The van der Waals surface area contributed by atoms with Gasteiger partial charge in [-0.05, 0) is 31.7 Å². The van der Waals surface area contributed by atoms with Crippen LogP contribution in [0, 0.1) is 5.92 Å². The molecule has 0 aliphatic heterocycles. The van der Waals surface area contributed by atoms with Crippen LogP contribution < -0.4 is 5.32 Å². The maximum Gasteiger partial charge on any atom is 0.141 e. The van der Waals surface area contributed by atoms with E-state index in [0.717, 1.165) is 18.3 Å². The molecule has 1 aromatic heterocycles. The second kappa shape index (κ2) is 5.21. The Bertz CT molecular complexity index is 280. The molecule has 0 bridgehead atoms. The molecule has 0 saturated heterocycles. The van der Waals surface area contributed by atoms with Crippen molar-refractivity contribution in [1.29, 1.82) is 0 Å².